The van der Waals surface area contributed by atoms with Crippen LogP contribution in [0.25, 0.3) is 0 Å². The summed E-state index contributed by atoms with van der Waals surface area (Å²) in [5.41, 5.74) is 7.71. The molecule has 0 aromatic heterocycles. The second-order valence-corrected chi connectivity index (χ2v) is 8.30. The number of oxime groups is 1. The van der Waals surface area contributed by atoms with Gasteiger partial charge < -0.3 is 20.6 Å². The van der Waals surface area contributed by atoms with Gasteiger partial charge in [-0.3, -0.25) is 9.59 Å². The maximum atomic E-state index is 13.2. The van der Waals surface area contributed by atoms with Crippen LogP contribution < -0.4 is 11.1 Å². The Morgan fingerprint density at radius 3 is 2.35 bits per heavy atom. The van der Waals surface area contributed by atoms with Crippen LogP contribution in [0.4, 0.5) is 4.79 Å². The van der Waals surface area contributed by atoms with E-state index in [2.05, 4.69) is 10.5 Å². The van der Waals surface area contributed by atoms with E-state index in [9.17, 15) is 14.4 Å². The van der Waals surface area contributed by atoms with Crippen molar-refractivity contribution in [3.8, 4) is 0 Å². The smallest absolute Gasteiger partial charge is 0.417 e. The second kappa shape index (κ2) is 12.2. The summed E-state index contributed by atoms with van der Waals surface area (Å²) in [6, 6.07) is 16.0. The molecule has 2 aromatic carbocycles. The van der Waals surface area contributed by atoms with Gasteiger partial charge in [0.25, 0.3) is 0 Å². The standard InChI is InChI=1S/C24H27ClN4O5/c1-16(22(30)27-14-19-13-21(25)28-34-19)29(24(32)33-15-18-10-6-3-7-11-18)23(31)20(26)12-17-8-4-2-5-9-17/h2-11,16,19-20H,12-15,26H2,1H3,(H,27,30)/t16-,19?,20-/m0/s1. The third-order valence-corrected chi connectivity index (χ3v) is 5.45. The zero-order valence-electron chi connectivity index (χ0n) is 18.7. The fraction of sp³-hybridized carbons (Fsp3) is 0.333. The molecule has 0 saturated heterocycles. The highest BCUT2D eigenvalue weighted by molar-refractivity contribution is 6.65. The summed E-state index contributed by atoms with van der Waals surface area (Å²) < 4.78 is 5.35. The minimum atomic E-state index is -1.17. The molecule has 9 nitrogen and oxygen atoms in total. The highest BCUT2D eigenvalue weighted by Crippen LogP contribution is 2.14. The largest absolute Gasteiger partial charge is 0.444 e. The van der Waals surface area contributed by atoms with Gasteiger partial charge in [0.15, 0.2) is 6.10 Å². The number of amides is 3. The van der Waals surface area contributed by atoms with Crippen molar-refractivity contribution < 1.29 is 24.0 Å². The van der Waals surface area contributed by atoms with E-state index < -0.39 is 36.1 Å². The molecule has 1 heterocycles. The van der Waals surface area contributed by atoms with Crippen LogP contribution in [0.1, 0.15) is 24.5 Å². The lowest BCUT2D eigenvalue weighted by Gasteiger charge is -2.28. The number of imide groups is 1. The number of carbonyl (C=O) groups excluding carboxylic acids is 3. The molecule has 34 heavy (non-hydrogen) atoms. The highest BCUT2D eigenvalue weighted by Gasteiger charge is 2.36. The number of hydrogen-bond donors (Lipinski definition) is 2. The van der Waals surface area contributed by atoms with E-state index >= 15 is 0 Å². The number of carbonyl (C=O) groups is 3. The van der Waals surface area contributed by atoms with Crippen LogP contribution in [0.5, 0.6) is 0 Å². The van der Waals surface area contributed by atoms with Crippen LogP contribution >= 0.6 is 11.6 Å². The average molecular weight is 487 g/mol. The summed E-state index contributed by atoms with van der Waals surface area (Å²) in [5.74, 6) is -1.28. The molecule has 0 fully saturated rings. The van der Waals surface area contributed by atoms with Gasteiger partial charge >= 0.3 is 6.09 Å². The maximum Gasteiger partial charge on any atom is 0.417 e. The number of nitrogens with zero attached hydrogens (tertiary/aromatic N) is 2. The van der Waals surface area contributed by atoms with E-state index in [0.29, 0.717) is 11.6 Å². The Bertz CT molecular complexity index is 1020. The SMILES string of the molecule is C[C@@H](C(=O)NCC1CC(Cl)=NO1)N(C(=O)OCc1ccccc1)C(=O)[C@@H](N)Cc1ccccc1. The molecule has 0 radical (unpaired) electrons. The Kier molecular flexibility index (Phi) is 9.00. The van der Waals surface area contributed by atoms with Crippen molar-refractivity contribution in [3.05, 3.63) is 71.8 Å². The van der Waals surface area contributed by atoms with Gasteiger partial charge in [-0.1, -0.05) is 77.4 Å². The van der Waals surface area contributed by atoms with Gasteiger partial charge in [-0.2, -0.15) is 0 Å². The molecule has 3 N–H and O–H groups in total. The average Bonchev–Trinajstić information content (AvgIpc) is 3.27. The number of halogens is 1. The molecule has 0 aliphatic carbocycles. The monoisotopic (exact) mass is 486 g/mol. The molecular formula is C24H27ClN4O5. The van der Waals surface area contributed by atoms with Crippen LogP contribution in [0.15, 0.2) is 65.8 Å². The Labute approximate surface area is 202 Å². The van der Waals surface area contributed by atoms with Crippen LogP contribution in [-0.2, 0) is 32.2 Å². The van der Waals surface area contributed by atoms with Crippen molar-refractivity contribution in [2.45, 2.75) is 44.6 Å². The lowest BCUT2D eigenvalue weighted by Crippen LogP contribution is -2.56. The van der Waals surface area contributed by atoms with E-state index in [1.165, 1.54) is 6.92 Å². The molecule has 180 valence electrons. The Balaban J connectivity index is 1.69. The fourth-order valence-electron chi connectivity index (χ4n) is 3.34. The lowest BCUT2D eigenvalue weighted by molar-refractivity contribution is -0.139. The zero-order valence-corrected chi connectivity index (χ0v) is 19.5. The van der Waals surface area contributed by atoms with Crippen molar-refractivity contribution in [1.82, 2.24) is 10.2 Å². The summed E-state index contributed by atoms with van der Waals surface area (Å²) in [5, 5.41) is 6.59. The van der Waals surface area contributed by atoms with Gasteiger partial charge in [0.1, 0.15) is 17.8 Å². The van der Waals surface area contributed by atoms with Gasteiger partial charge in [-0.25, -0.2) is 9.69 Å². The summed E-state index contributed by atoms with van der Waals surface area (Å²) >= 11 is 5.79. The number of rotatable bonds is 9. The molecule has 10 heteroatoms. The predicted octanol–water partition coefficient (Wildman–Crippen LogP) is 2.57. The van der Waals surface area contributed by atoms with Gasteiger partial charge in [-0.05, 0) is 24.5 Å². The number of ether oxygens (including phenoxy) is 1. The molecule has 3 amide bonds. The summed E-state index contributed by atoms with van der Waals surface area (Å²) in [7, 11) is 0. The molecule has 0 spiro atoms. The first-order valence-electron chi connectivity index (χ1n) is 10.8. The zero-order chi connectivity index (χ0) is 24.5. The normalized spacial score (nSPS) is 16.6. The minimum absolute atomic E-state index is 0.0581. The molecule has 2 aromatic rings. The third kappa shape index (κ3) is 7.03. The third-order valence-electron chi connectivity index (χ3n) is 5.22. The van der Waals surface area contributed by atoms with E-state index in [1.54, 1.807) is 24.3 Å². The lowest BCUT2D eigenvalue weighted by atomic mass is 10.0. The van der Waals surface area contributed by atoms with Crippen molar-refractivity contribution in [3.63, 3.8) is 0 Å². The first-order valence-corrected chi connectivity index (χ1v) is 11.2. The number of hydrogen-bond acceptors (Lipinski definition) is 7. The molecule has 3 atom stereocenters. The highest BCUT2D eigenvalue weighted by atomic mass is 35.5. The van der Waals surface area contributed by atoms with Gasteiger partial charge in [0.2, 0.25) is 11.8 Å². The number of benzene rings is 2. The van der Waals surface area contributed by atoms with Crippen molar-refractivity contribution >= 4 is 34.7 Å². The van der Waals surface area contributed by atoms with E-state index in [0.717, 1.165) is 16.0 Å². The van der Waals surface area contributed by atoms with Crippen molar-refractivity contribution in [1.29, 1.82) is 0 Å². The molecule has 1 unspecified atom stereocenters. The maximum absolute atomic E-state index is 13.2. The molecular weight excluding hydrogens is 460 g/mol. The summed E-state index contributed by atoms with van der Waals surface area (Å²) in [6.07, 6.45) is -0.816. The minimum Gasteiger partial charge on any atom is -0.444 e. The Morgan fingerprint density at radius 1 is 1.15 bits per heavy atom. The van der Waals surface area contributed by atoms with Crippen LogP contribution in [0.3, 0.4) is 0 Å². The predicted molar refractivity (Wildman–Crippen MR) is 127 cm³/mol. The molecule has 1 aliphatic rings. The van der Waals surface area contributed by atoms with E-state index in [-0.39, 0.29) is 19.6 Å². The molecule has 1 aliphatic heterocycles. The van der Waals surface area contributed by atoms with Crippen molar-refractivity contribution in [2.75, 3.05) is 6.54 Å². The summed E-state index contributed by atoms with van der Waals surface area (Å²) in [4.78, 5) is 44.8. The first kappa shape index (κ1) is 25.2. The second-order valence-electron chi connectivity index (χ2n) is 7.86. The Hall–Kier alpha value is -3.43. The molecule has 0 bridgehead atoms. The molecule has 3 rings (SSSR count). The van der Waals surface area contributed by atoms with Gasteiger partial charge in [-0.15, -0.1) is 0 Å². The van der Waals surface area contributed by atoms with Crippen LogP contribution in [0.2, 0.25) is 0 Å². The first-order chi connectivity index (χ1) is 16.3. The number of nitrogens with two attached hydrogens (primary N) is 1. The van der Waals surface area contributed by atoms with Crippen LogP contribution in [0, 0.1) is 0 Å². The molecule has 0 saturated carbocycles. The van der Waals surface area contributed by atoms with E-state index in [1.807, 2.05) is 36.4 Å². The quantitative estimate of drug-likeness (QED) is 0.561. The fourth-order valence-corrected chi connectivity index (χ4v) is 3.56. The van der Waals surface area contributed by atoms with Gasteiger partial charge in [0, 0.05) is 6.42 Å². The Morgan fingerprint density at radius 2 is 1.76 bits per heavy atom. The van der Waals surface area contributed by atoms with Gasteiger partial charge in [0.05, 0.1) is 12.6 Å². The number of nitrogens with one attached hydrogen (secondary N) is 1. The van der Waals surface area contributed by atoms with E-state index in [4.69, 9.17) is 26.9 Å². The van der Waals surface area contributed by atoms with Crippen molar-refractivity contribution in [2.24, 2.45) is 10.9 Å². The topological polar surface area (TPSA) is 123 Å². The summed E-state index contributed by atoms with van der Waals surface area (Å²) in [6.45, 7) is 1.49. The van der Waals surface area contributed by atoms with Crippen LogP contribution in [-0.4, -0.2) is 52.7 Å².